The first kappa shape index (κ1) is 16.2. The van der Waals surface area contributed by atoms with Crippen LogP contribution in [0.25, 0.3) is 5.69 Å². The van der Waals surface area contributed by atoms with Gasteiger partial charge in [-0.2, -0.15) is 5.10 Å². The van der Waals surface area contributed by atoms with Crippen LogP contribution in [0.4, 0.5) is 0 Å². The highest BCUT2D eigenvalue weighted by molar-refractivity contribution is 5.95. The Kier molecular flexibility index (Phi) is 4.38. The van der Waals surface area contributed by atoms with Crippen molar-refractivity contribution in [1.29, 1.82) is 0 Å². The lowest BCUT2D eigenvalue weighted by Crippen LogP contribution is -2.37. The van der Waals surface area contributed by atoms with Gasteiger partial charge in [0, 0.05) is 30.8 Å². The highest BCUT2D eigenvalue weighted by Gasteiger charge is 2.29. The Balaban J connectivity index is 1.76. The third-order valence-electron chi connectivity index (χ3n) is 4.29. The zero-order valence-corrected chi connectivity index (χ0v) is 14.2. The molecule has 2 aromatic rings. The van der Waals surface area contributed by atoms with Crippen molar-refractivity contribution in [3.8, 4) is 5.69 Å². The van der Waals surface area contributed by atoms with Crippen molar-refractivity contribution in [3.05, 3.63) is 47.3 Å². The van der Waals surface area contributed by atoms with E-state index < -0.39 is 0 Å². The molecule has 2 amide bonds. The van der Waals surface area contributed by atoms with E-state index in [2.05, 4.69) is 10.4 Å². The number of rotatable bonds is 4. The van der Waals surface area contributed by atoms with Crippen molar-refractivity contribution in [2.45, 2.75) is 33.2 Å². The van der Waals surface area contributed by atoms with Crippen LogP contribution in [0.1, 0.15) is 35.1 Å². The van der Waals surface area contributed by atoms with Crippen LogP contribution >= 0.6 is 0 Å². The quantitative estimate of drug-likeness (QED) is 0.932. The molecule has 1 aromatic carbocycles. The molecule has 0 bridgehead atoms. The first-order valence-electron chi connectivity index (χ1n) is 8.20. The Labute approximate surface area is 141 Å². The van der Waals surface area contributed by atoms with Crippen LogP contribution in [0.5, 0.6) is 0 Å². The van der Waals surface area contributed by atoms with Crippen molar-refractivity contribution in [1.82, 2.24) is 20.0 Å². The molecule has 126 valence electrons. The number of carbonyl (C=O) groups is 2. The van der Waals surface area contributed by atoms with Gasteiger partial charge in [0.05, 0.1) is 17.4 Å². The van der Waals surface area contributed by atoms with Gasteiger partial charge in [-0.3, -0.25) is 9.59 Å². The van der Waals surface area contributed by atoms with Gasteiger partial charge in [-0.15, -0.1) is 0 Å². The molecule has 1 aromatic heterocycles. The third-order valence-corrected chi connectivity index (χ3v) is 4.29. The number of nitrogens with zero attached hydrogens (tertiary/aromatic N) is 3. The summed E-state index contributed by atoms with van der Waals surface area (Å²) in [7, 11) is 0. The van der Waals surface area contributed by atoms with Gasteiger partial charge in [-0.25, -0.2) is 4.68 Å². The van der Waals surface area contributed by atoms with Crippen LogP contribution in [0.3, 0.4) is 0 Å². The second-order valence-electron chi connectivity index (χ2n) is 6.20. The van der Waals surface area contributed by atoms with E-state index in [1.54, 1.807) is 11.0 Å². The summed E-state index contributed by atoms with van der Waals surface area (Å²) < 4.78 is 1.82. The average Bonchev–Trinajstić information content (AvgIpc) is 3.08. The molecule has 2 heterocycles. The van der Waals surface area contributed by atoms with Crippen LogP contribution in [-0.2, 0) is 4.79 Å². The van der Waals surface area contributed by atoms with Gasteiger partial charge < -0.3 is 10.2 Å². The van der Waals surface area contributed by atoms with Gasteiger partial charge in [0.2, 0.25) is 5.91 Å². The maximum absolute atomic E-state index is 12.5. The summed E-state index contributed by atoms with van der Waals surface area (Å²) in [6.07, 6.45) is 0.372. The molecule has 0 aliphatic carbocycles. The van der Waals surface area contributed by atoms with Gasteiger partial charge >= 0.3 is 0 Å². The van der Waals surface area contributed by atoms with E-state index in [1.807, 2.05) is 49.7 Å². The molecule has 0 saturated carbocycles. The largest absolute Gasteiger partial charge is 0.347 e. The Morgan fingerprint density at radius 3 is 2.75 bits per heavy atom. The van der Waals surface area contributed by atoms with Gasteiger partial charge in [0.1, 0.15) is 0 Å². The van der Waals surface area contributed by atoms with Crippen molar-refractivity contribution in [3.63, 3.8) is 0 Å². The fraction of sp³-hybridized carbons (Fsp3) is 0.389. The standard InChI is InChI=1S/C18H22N4O2/c1-4-21-11-15(10-17(21)23)19-18(24)14-6-5-7-16(9-14)22-13(3)8-12(2)20-22/h5-9,15H,4,10-11H2,1-3H3,(H,19,24)/t15-/m1/s1. The van der Waals surface area contributed by atoms with Crippen molar-refractivity contribution >= 4 is 11.8 Å². The van der Waals surface area contributed by atoms with Crippen LogP contribution in [0.2, 0.25) is 0 Å². The molecular weight excluding hydrogens is 304 g/mol. The number of amides is 2. The first-order chi connectivity index (χ1) is 11.5. The highest BCUT2D eigenvalue weighted by Crippen LogP contribution is 2.15. The molecule has 1 atom stereocenters. The second-order valence-corrected chi connectivity index (χ2v) is 6.20. The number of hydrogen-bond acceptors (Lipinski definition) is 3. The van der Waals surface area contributed by atoms with E-state index in [-0.39, 0.29) is 17.9 Å². The Bertz CT molecular complexity index is 781. The third kappa shape index (κ3) is 3.18. The molecule has 1 N–H and O–H groups in total. The summed E-state index contributed by atoms with van der Waals surface area (Å²) in [5.74, 6) is -0.0617. The van der Waals surface area contributed by atoms with Crippen LogP contribution in [0, 0.1) is 13.8 Å². The minimum Gasteiger partial charge on any atom is -0.347 e. The van der Waals surface area contributed by atoms with E-state index >= 15 is 0 Å². The molecule has 6 heteroatoms. The van der Waals surface area contributed by atoms with Gasteiger partial charge in [-0.05, 0) is 45.0 Å². The molecule has 24 heavy (non-hydrogen) atoms. The molecule has 0 unspecified atom stereocenters. The molecule has 1 fully saturated rings. The molecule has 1 aliphatic heterocycles. The lowest BCUT2D eigenvalue weighted by Gasteiger charge is -2.15. The van der Waals surface area contributed by atoms with E-state index in [0.717, 1.165) is 17.1 Å². The highest BCUT2D eigenvalue weighted by atomic mass is 16.2. The Morgan fingerprint density at radius 2 is 2.12 bits per heavy atom. The Morgan fingerprint density at radius 1 is 1.33 bits per heavy atom. The zero-order chi connectivity index (χ0) is 17.3. The first-order valence-corrected chi connectivity index (χ1v) is 8.20. The number of aryl methyl sites for hydroxylation is 2. The lowest BCUT2D eigenvalue weighted by atomic mass is 10.1. The van der Waals surface area contributed by atoms with Gasteiger partial charge in [-0.1, -0.05) is 6.07 Å². The van der Waals surface area contributed by atoms with E-state index in [0.29, 0.717) is 25.1 Å². The average molecular weight is 326 g/mol. The molecule has 1 aliphatic rings. The number of hydrogen-bond donors (Lipinski definition) is 1. The topological polar surface area (TPSA) is 67.2 Å². The molecule has 0 radical (unpaired) electrons. The monoisotopic (exact) mass is 326 g/mol. The van der Waals surface area contributed by atoms with E-state index in [1.165, 1.54) is 0 Å². The second kappa shape index (κ2) is 6.47. The predicted octanol–water partition coefficient (Wildman–Crippen LogP) is 1.84. The minimum atomic E-state index is -0.158. The normalized spacial score (nSPS) is 17.4. The summed E-state index contributed by atoms with van der Waals surface area (Å²) in [6, 6.07) is 9.24. The summed E-state index contributed by atoms with van der Waals surface area (Å²) >= 11 is 0. The molecule has 0 spiro atoms. The molecule has 3 rings (SSSR count). The van der Waals surface area contributed by atoms with Crippen LogP contribution < -0.4 is 5.32 Å². The number of carbonyl (C=O) groups excluding carboxylic acids is 2. The number of aromatic nitrogens is 2. The molecule has 6 nitrogen and oxygen atoms in total. The minimum absolute atomic E-state index is 0.0965. The molecule has 1 saturated heterocycles. The maximum Gasteiger partial charge on any atom is 0.251 e. The van der Waals surface area contributed by atoms with Gasteiger partial charge in [0.25, 0.3) is 5.91 Å². The summed E-state index contributed by atoms with van der Waals surface area (Å²) in [4.78, 5) is 26.0. The smallest absolute Gasteiger partial charge is 0.251 e. The van der Waals surface area contributed by atoms with Gasteiger partial charge in [0.15, 0.2) is 0 Å². The number of nitrogens with one attached hydrogen (secondary N) is 1. The Hall–Kier alpha value is -2.63. The predicted molar refractivity (Wildman–Crippen MR) is 91.2 cm³/mol. The number of likely N-dealkylation sites (N-methyl/N-ethyl adjacent to an activating group) is 1. The zero-order valence-electron chi connectivity index (χ0n) is 14.2. The maximum atomic E-state index is 12.5. The molecular formula is C18H22N4O2. The number of benzene rings is 1. The van der Waals surface area contributed by atoms with Crippen LogP contribution in [-0.4, -0.2) is 45.6 Å². The number of likely N-dealkylation sites (tertiary alicyclic amines) is 1. The fourth-order valence-electron chi connectivity index (χ4n) is 3.11. The SMILES string of the molecule is CCN1C[C@H](NC(=O)c2cccc(-n3nc(C)cc3C)c2)CC1=O. The van der Waals surface area contributed by atoms with Crippen molar-refractivity contribution < 1.29 is 9.59 Å². The lowest BCUT2D eigenvalue weighted by molar-refractivity contribution is -0.127. The van der Waals surface area contributed by atoms with Crippen molar-refractivity contribution in [2.75, 3.05) is 13.1 Å². The summed E-state index contributed by atoms with van der Waals surface area (Å²) in [5.41, 5.74) is 3.38. The van der Waals surface area contributed by atoms with E-state index in [9.17, 15) is 9.59 Å². The summed E-state index contributed by atoms with van der Waals surface area (Å²) in [6.45, 7) is 7.13. The fourth-order valence-corrected chi connectivity index (χ4v) is 3.11. The van der Waals surface area contributed by atoms with Crippen LogP contribution in [0.15, 0.2) is 30.3 Å². The van der Waals surface area contributed by atoms with E-state index in [4.69, 9.17) is 0 Å². The summed E-state index contributed by atoms with van der Waals surface area (Å²) in [5, 5.41) is 7.41. The van der Waals surface area contributed by atoms with Crippen molar-refractivity contribution in [2.24, 2.45) is 0 Å².